The van der Waals surface area contributed by atoms with Crippen molar-refractivity contribution in [2.75, 3.05) is 0 Å². The van der Waals surface area contributed by atoms with E-state index in [0.29, 0.717) is 5.56 Å². The fourth-order valence-corrected chi connectivity index (χ4v) is 2.85. The molecule has 1 N–H and O–H groups in total. The highest BCUT2D eigenvalue weighted by Crippen LogP contribution is 2.30. The van der Waals surface area contributed by atoms with Gasteiger partial charge in [0.2, 0.25) is 0 Å². The van der Waals surface area contributed by atoms with Crippen LogP contribution in [0.3, 0.4) is 0 Å². The highest BCUT2D eigenvalue weighted by atomic mass is 16.4. The molecule has 2 aromatic heterocycles. The van der Waals surface area contributed by atoms with E-state index in [-0.39, 0.29) is 0 Å². The molecule has 0 radical (unpaired) electrons. The molecule has 4 nitrogen and oxygen atoms in total. The minimum absolute atomic E-state index is 0.295. The topological polar surface area (TPSA) is 55.1 Å². The maximum atomic E-state index is 11.2. The molecule has 102 valence electrons. The lowest BCUT2D eigenvalue weighted by atomic mass is 10.1. The summed E-state index contributed by atoms with van der Waals surface area (Å²) in [6.45, 7) is 0. The second-order valence-electron chi connectivity index (χ2n) is 5.15. The first-order valence-electron chi connectivity index (χ1n) is 6.66. The van der Waals surface area contributed by atoms with E-state index in [0.717, 1.165) is 32.8 Å². The molecule has 0 amide bonds. The van der Waals surface area contributed by atoms with Crippen LogP contribution >= 0.6 is 0 Å². The van der Waals surface area contributed by atoms with Gasteiger partial charge >= 0.3 is 5.97 Å². The Morgan fingerprint density at radius 3 is 2.71 bits per heavy atom. The van der Waals surface area contributed by atoms with Crippen LogP contribution in [0, 0.1) is 0 Å². The van der Waals surface area contributed by atoms with Gasteiger partial charge in [0.15, 0.2) is 0 Å². The van der Waals surface area contributed by atoms with E-state index >= 15 is 0 Å². The molecule has 0 saturated carbocycles. The number of aromatic carboxylic acids is 1. The number of hydrogen-bond acceptors (Lipinski definition) is 2. The van der Waals surface area contributed by atoms with E-state index in [2.05, 4.69) is 6.07 Å². The zero-order chi connectivity index (χ0) is 14.6. The van der Waals surface area contributed by atoms with Gasteiger partial charge in [0, 0.05) is 23.2 Å². The van der Waals surface area contributed by atoms with Crippen LogP contribution in [-0.4, -0.2) is 20.6 Å². The Bertz CT molecular complexity index is 1030. The van der Waals surface area contributed by atoms with Crippen molar-refractivity contribution in [2.24, 2.45) is 7.05 Å². The monoisotopic (exact) mass is 276 g/mol. The molecule has 0 fully saturated rings. The standard InChI is InChI=1S/C17H12N2O2/c1-19-15-7-6-11(17(20)21)9-12(15)13-8-10-4-2-3-5-14(10)18-16(13)19/h2-9H,1H3,(H,20,21). The van der Waals surface area contributed by atoms with E-state index in [9.17, 15) is 9.90 Å². The highest BCUT2D eigenvalue weighted by molar-refractivity contribution is 6.11. The first-order valence-corrected chi connectivity index (χ1v) is 6.66. The van der Waals surface area contributed by atoms with Gasteiger partial charge in [-0.2, -0.15) is 0 Å². The van der Waals surface area contributed by atoms with Gasteiger partial charge in [0.25, 0.3) is 0 Å². The SMILES string of the molecule is Cn1c2ccc(C(=O)O)cc2c2cc3ccccc3nc21. The molecule has 0 aliphatic rings. The summed E-state index contributed by atoms with van der Waals surface area (Å²) in [5, 5.41) is 12.1. The Kier molecular flexibility index (Phi) is 2.30. The Hall–Kier alpha value is -2.88. The van der Waals surface area contributed by atoms with Gasteiger partial charge in [0.05, 0.1) is 16.6 Å². The Morgan fingerprint density at radius 2 is 1.90 bits per heavy atom. The largest absolute Gasteiger partial charge is 0.478 e. The van der Waals surface area contributed by atoms with E-state index in [1.807, 2.05) is 41.9 Å². The molecule has 0 bridgehead atoms. The zero-order valence-corrected chi connectivity index (χ0v) is 11.4. The third-order valence-electron chi connectivity index (χ3n) is 3.92. The summed E-state index contributed by atoms with van der Waals surface area (Å²) in [7, 11) is 1.95. The second kappa shape index (κ2) is 4.06. The maximum absolute atomic E-state index is 11.2. The second-order valence-corrected chi connectivity index (χ2v) is 5.15. The van der Waals surface area contributed by atoms with E-state index < -0.39 is 5.97 Å². The molecule has 0 unspecified atom stereocenters. The van der Waals surface area contributed by atoms with Crippen LogP contribution in [0.15, 0.2) is 48.5 Å². The summed E-state index contributed by atoms with van der Waals surface area (Å²) in [6.07, 6.45) is 0. The molecule has 4 rings (SSSR count). The number of nitrogens with zero attached hydrogens (tertiary/aromatic N) is 2. The smallest absolute Gasteiger partial charge is 0.335 e. The van der Waals surface area contributed by atoms with Crippen molar-refractivity contribution in [1.82, 2.24) is 9.55 Å². The lowest BCUT2D eigenvalue weighted by Crippen LogP contribution is -1.95. The van der Waals surface area contributed by atoms with Crippen molar-refractivity contribution in [1.29, 1.82) is 0 Å². The van der Waals surface area contributed by atoms with Crippen LogP contribution in [0.5, 0.6) is 0 Å². The summed E-state index contributed by atoms with van der Waals surface area (Å²) in [4.78, 5) is 15.9. The molecule has 4 heteroatoms. The summed E-state index contributed by atoms with van der Waals surface area (Å²) >= 11 is 0. The molecule has 4 aromatic rings. The zero-order valence-electron chi connectivity index (χ0n) is 11.4. The number of hydrogen-bond donors (Lipinski definition) is 1. The van der Waals surface area contributed by atoms with Gasteiger partial charge in [-0.1, -0.05) is 18.2 Å². The first kappa shape index (κ1) is 11.9. The Labute approximate surface area is 120 Å². The predicted octanol–water partition coefficient (Wildman–Crippen LogP) is 3.58. The van der Waals surface area contributed by atoms with Crippen LogP contribution in [-0.2, 0) is 7.05 Å². The molecule has 0 atom stereocenters. The summed E-state index contributed by atoms with van der Waals surface area (Å²) in [5.41, 5.74) is 3.08. The summed E-state index contributed by atoms with van der Waals surface area (Å²) in [5.74, 6) is -0.914. The summed E-state index contributed by atoms with van der Waals surface area (Å²) in [6, 6.07) is 15.2. The lowest BCUT2D eigenvalue weighted by Gasteiger charge is -1.99. The maximum Gasteiger partial charge on any atom is 0.335 e. The molecule has 2 aromatic carbocycles. The number of carboxylic acids is 1. The van der Waals surface area contributed by atoms with Gasteiger partial charge in [-0.05, 0) is 30.3 Å². The molecular weight excluding hydrogens is 264 g/mol. The number of pyridine rings is 1. The van der Waals surface area contributed by atoms with Gasteiger partial charge in [-0.25, -0.2) is 9.78 Å². The molecular formula is C17H12N2O2. The van der Waals surface area contributed by atoms with Crippen LogP contribution < -0.4 is 0 Å². The number of aryl methyl sites for hydroxylation is 1. The van der Waals surface area contributed by atoms with E-state index in [1.54, 1.807) is 12.1 Å². The minimum Gasteiger partial charge on any atom is -0.478 e. The molecule has 0 saturated heterocycles. The van der Waals surface area contributed by atoms with Crippen molar-refractivity contribution in [3.63, 3.8) is 0 Å². The molecule has 21 heavy (non-hydrogen) atoms. The number of aromatic nitrogens is 2. The molecule has 2 heterocycles. The van der Waals surface area contributed by atoms with E-state index in [1.165, 1.54) is 0 Å². The van der Waals surface area contributed by atoms with E-state index in [4.69, 9.17) is 4.98 Å². The Morgan fingerprint density at radius 1 is 1.10 bits per heavy atom. The Balaban J connectivity index is 2.21. The number of benzene rings is 2. The van der Waals surface area contributed by atoms with Crippen molar-refractivity contribution in [3.05, 3.63) is 54.1 Å². The van der Waals surface area contributed by atoms with Gasteiger partial charge in [0.1, 0.15) is 5.65 Å². The quantitative estimate of drug-likeness (QED) is 0.578. The van der Waals surface area contributed by atoms with Gasteiger partial charge in [-0.3, -0.25) is 0 Å². The first-order chi connectivity index (χ1) is 10.1. The third-order valence-corrected chi connectivity index (χ3v) is 3.92. The predicted molar refractivity (Wildman–Crippen MR) is 82.7 cm³/mol. The average Bonchev–Trinajstić information content (AvgIpc) is 2.77. The number of rotatable bonds is 1. The van der Waals surface area contributed by atoms with Crippen LogP contribution in [0.1, 0.15) is 10.4 Å². The third kappa shape index (κ3) is 1.62. The van der Waals surface area contributed by atoms with Crippen LogP contribution in [0.4, 0.5) is 0 Å². The van der Waals surface area contributed by atoms with Crippen molar-refractivity contribution >= 4 is 38.8 Å². The summed E-state index contributed by atoms with van der Waals surface area (Å²) < 4.78 is 2.00. The highest BCUT2D eigenvalue weighted by Gasteiger charge is 2.13. The number of para-hydroxylation sites is 1. The average molecular weight is 276 g/mol. The van der Waals surface area contributed by atoms with Crippen molar-refractivity contribution in [3.8, 4) is 0 Å². The lowest BCUT2D eigenvalue weighted by molar-refractivity contribution is 0.0697. The van der Waals surface area contributed by atoms with Crippen molar-refractivity contribution < 1.29 is 9.90 Å². The fourth-order valence-electron chi connectivity index (χ4n) is 2.85. The molecule has 0 aliphatic carbocycles. The van der Waals surface area contributed by atoms with Crippen molar-refractivity contribution in [2.45, 2.75) is 0 Å². The van der Waals surface area contributed by atoms with Gasteiger partial charge in [-0.15, -0.1) is 0 Å². The number of carboxylic acid groups (broad SMARTS) is 1. The fraction of sp³-hybridized carbons (Fsp3) is 0.0588. The number of fused-ring (bicyclic) bond motifs is 4. The molecule has 0 aliphatic heterocycles. The molecule has 0 spiro atoms. The minimum atomic E-state index is -0.914. The van der Waals surface area contributed by atoms with Gasteiger partial charge < -0.3 is 9.67 Å². The van der Waals surface area contributed by atoms with Crippen LogP contribution in [0.25, 0.3) is 32.8 Å². The van der Waals surface area contributed by atoms with Crippen LogP contribution in [0.2, 0.25) is 0 Å². The normalized spacial score (nSPS) is 11.5. The number of carbonyl (C=O) groups is 1.